The largest absolute Gasteiger partial charge is 0.493 e. The van der Waals surface area contributed by atoms with E-state index in [4.69, 9.17) is 23.7 Å². The van der Waals surface area contributed by atoms with E-state index >= 15 is 0 Å². The van der Waals surface area contributed by atoms with Gasteiger partial charge >= 0.3 is 6.03 Å². The number of nitrogens with zero attached hydrogens (tertiary/aromatic N) is 3. The minimum absolute atomic E-state index is 0.159. The predicted molar refractivity (Wildman–Crippen MR) is 118 cm³/mol. The van der Waals surface area contributed by atoms with Crippen LogP contribution in [0.3, 0.4) is 0 Å². The lowest BCUT2D eigenvalue weighted by Crippen LogP contribution is -2.54. The van der Waals surface area contributed by atoms with Crippen LogP contribution < -0.4 is 28.6 Å². The lowest BCUT2D eigenvalue weighted by molar-refractivity contribution is -0.118. The van der Waals surface area contributed by atoms with Crippen molar-refractivity contribution in [2.24, 2.45) is 4.99 Å². The normalized spacial score (nSPS) is 21.2. The highest BCUT2D eigenvalue weighted by Gasteiger charge is 2.48. The Labute approximate surface area is 190 Å². The maximum atomic E-state index is 13.5. The maximum Gasteiger partial charge on any atom is 0.345 e. The average molecular weight is 453 g/mol. The molecule has 3 amide bonds. The number of amides is 3. The number of aliphatic imine (C=N–C) groups is 1. The second kappa shape index (κ2) is 7.88. The third-order valence-electron chi connectivity index (χ3n) is 6.18. The highest BCUT2D eigenvalue weighted by molar-refractivity contribution is 6.25. The van der Waals surface area contributed by atoms with Crippen molar-refractivity contribution in [2.45, 2.75) is 18.4 Å². The number of rotatable bonds is 5. The fraction of sp³-hybridized carbons (Fsp3) is 0.348. The molecule has 3 aliphatic rings. The van der Waals surface area contributed by atoms with Crippen LogP contribution >= 0.6 is 0 Å². The van der Waals surface area contributed by atoms with E-state index in [2.05, 4.69) is 4.99 Å². The summed E-state index contributed by atoms with van der Waals surface area (Å²) >= 11 is 0. The molecule has 5 rings (SSSR count). The van der Waals surface area contributed by atoms with E-state index in [1.54, 1.807) is 24.1 Å². The molecule has 0 radical (unpaired) electrons. The first-order chi connectivity index (χ1) is 16.0. The van der Waals surface area contributed by atoms with E-state index < -0.39 is 12.1 Å². The molecule has 0 saturated carbocycles. The van der Waals surface area contributed by atoms with Crippen LogP contribution in [0.1, 0.15) is 17.9 Å². The van der Waals surface area contributed by atoms with Gasteiger partial charge in [-0.05, 0) is 17.7 Å². The van der Waals surface area contributed by atoms with Crippen LogP contribution in [0.4, 0.5) is 10.5 Å². The summed E-state index contributed by atoms with van der Waals surface area (Å²) in [6.07, 6.45) is 0.164. The number of likely N-dealkylation sites (N-methyl/N-ethyl adjacent to an activating group) is 1. The molecule has 2 atom stereocenters. The number of piperidine rings is 1. The van der Waals surface area contributed by atoms with Crippen LogP contribution in [0.5, 0.6) is 28.7 Å². The zero-order valence-electron chi connectivity index (χ0n) is 18.7. The Morgan fingerprint density at radius 2 is 1.67 bits per heavy atom. The Morgan fingerprint density at radius 1 is 0.970 bits per heavy atom. The fourth-order valence-electron chi connectivity index (χ4n) is 4.60. The summed E-state index contributed by atoms with van der Waals surface area (Å²) < 4.78 is 27.2. The summed E-state index contributed by atoms with van der Waals surface area (Å²) in [4.78, 5) is 33.3. The van der Waals surface area contributed by atoms with Crippen molar-refractivity contribution in [1.29, 1.82) is 0 Å². The number of fused-ring (bicyclic) bond motifs is 2. The highest BCUT2D eigenvalue weighted by atomic mass is 16.7. The molecule has 10 nitrogen and oxygen atoms in total. The number of benzene rings is 2. The number of carbonyl (C=O) groups is 2. The summed E-state index contributed by atoms with van der Waals surface area (Å²) in [6.45, 7) is 0.159. The van der Waals surface area contributed by atoms with Crippen molar-refractivity contribution in [3.8, 4) is 28.7 Å². The van der Waals surface area contributed by atoms with Crippen LogP contribution in [-0.2, 0) is 4.79 Å². The van der Waals surface area contributed by atoms with E-state index in [9.17, 15) is 9.59 Å². The van der Waals surface area contributed by atoms with Crippen molar-refractivity contribution in [1.82, 2.24) is 4.90 Å². The molecule has 2 aromatic rings. The van der Waals surface area contributed by atoms with Gasteiger partial charge in [0.2, 0.25) is 18.4 Å². The molecule has 0 bridgehead atoms. The number of anilines is 1. The van der Waals surface area contributed by atoms with Gasteiger partial charge in [0.15, 0.2) is 23.0 Å². The molecular weight excluding hydrogens is 430 g/mol. The minimum atomic E-state index is -0.435. The lowest BCUT2D eigenvalue weighted by Gasteiger charge is -2.39. The molecule has 2 aromatic carbocycles. The maximum absolute atomic E-state index is 13.5. The monoisotopic (exact) mass is 453 g/mol. The first-order valence-electron chi connectivity index (χ1n) is 10.3. The van der Waals surface area contributed by atoms with Gasteiger partial charge < -0.3 is 28.6 Å². The summed E-state index contributed by atoms with van der Waals surface area (Å²) in [5.41, 5.74) is 1.35. The van der Waals surface area contributed by atoms with Crippen LogP contribution in [0.15, 0.2) is 35.3 Å². The standard InChI is InChI=1S/C23H23N3O7/c1-25-20-14(12-5-6-15-16(7-12)33-11-32-15)10-19(27)26(22(20)24-23(25)28)13-8-17(29-2)21(31-4)18(9-13)30-3/h5-9,14,20H,10-11H2,1-4H3/t14-,20+/m1/s1. The van der Waals surface area contributed by atoms with E-state index in [1.165, 1.54) is 26.2 Å². The molecule has 0 aromatic heterocycles. The summed E-state index contributed by atoms with van der Waals surface area (Å²) in [5, 5.41) is 0. The van der Waals surface area contributed by atoms with Gasteiger partial charge in [-0.1, -0.05) is 6.07 Å². The molecule has 1 fully saturated rings. The van der Waals surface area contributed by atoms with Crippen molar-refractivity contribution in [3.63, 3.8) is 0 Å². The molecule has 0 N–H and O–H groups in total. The Morgan fingerprint density at radius 3 is 2.33 bits per heavy atom. The summed E-state index contributed by atoms with van der Waals surface area (Å²) in [5.74, 6) is 2.34. The molecule has 3 heterocycles. The first kappa shape index (κ1) is 20.9. The van der Waals surface area contributed by atoms with Gasteiger partial charge in [0.25, 0.3) is 0 Å². The lowest BCUT2D eigenvalue weighted by atomic mass is 9.83. The molecule has 1 saturated heterocycles. The summed E-state index contributed by atoms with van der Waals surface area (Å²) in [6, 6.07) is 8.08. The van der Waals surface area contributed by atoms with Crippen molar-refractivity contribution in [3.05, 3.63) is 35.9 Å². The van der Waals surface area contributed by atoms with E-state index in [-0.39, 0.29) is 25.0 Å². The quantitative estimate of drug-likeness (QED) is 0.686. The molecule has 0 aliphatic carbocycles. The predicted octanol–water partition coefficient (Wildman–Crippen LogP) is 2.79. The Hall–Kier alpha value is -3.95. The van der Waals surface area contributed by atoms with Crippen LogP contribution in [-0.4, -0.2) is 63.9 Å². The van der Waals surface area contributed by atoms with E-state index in [0.29, 0.717) is 40.3 Å². The molecular formula is C23H23N3O7. The van der Waals surface area contributed by atoms with Gasteiger partial charge in [0.1, 0.15) is 5.84 Å². The van der Waals surface area contributed by atoms with Crippen LogP contribution in [0, 0.1) is 0 Å². The number of hydrogen-bond acceptors (Lipinski definition) is 7. The first-order valence-corrected chi connectivity index (χ1v) is 10.3. The number of ether oxygens (including phenoxy) is 5. The Bertz CT molecular complexity index is 1150. The number of hydrogen-bond donors (Lipinski definition) is 0. The zero-order valence-corrected chi connectivity index (χ0v) is 18.7. The number of methoxy groups -OCH3 is 3. The topological polar surface area (TPSA) is 99.1 Å². The third kappa shape index (κ3) is 3.21. The van der Waals surface area contributed by atoms with Crippen molar-refractivity contribution >= 4 is 23.5 Å². The molecule has 3 aliphatic heterocycles. The fourth-order valence-corrected chi connectivity index (χ4v) is 4.60. The Kier molecular flexibility index (Phi) is 4.99. The second-order valence-corrected chi connectivity index (χ2v) is 7.84. The minimum Gasteiger partial charge on any atom is -0.493 e. The number of urea groups is 1. The van der Waals surface area contributed by atoms with Gasteiger partial charge in [-0.3, -0.25) is 9.69 Å². The second-order valence-electron chi connectivity index (χ2n) is 7.84. The molecule has 0 spiro atoms. The Balaban J connectivity index is 1.58. The van der Waals surface area contributed by atoms with Gasteiger partial charge in [-0.2, -0.15) is 4.99 Å². The van der Waals surface area contributed by atoms with Gasteiger partial charge in [-0.25, -0.2) is 4.79 Å². The van der Waals surface area contributed by atoms with Crippen LogP contribution in [0.25, 0.3) is 0 Å². The molecule has 0 unspecified atom stereocenters. The van der Waals surface area contributed by atoms with Crippen molar-refractivity contribution in [2.75, 3.05) is 40.1 Å². The number of amidine groups is 1. The van der Waals surface area contributed by atoms with Gasteiger partial charge in [0, 0.05) is 31.5 Å². The van der Waals surface area contributed by atoms with Crippen molar-refractivity contribution < 1.29 is 33.3 Å². The van der Waals surface area contributed by atoms with Crippen LogP contribution in [0.2, 0.25) is 0 Å². The van der Waals surface area contributed by atoms with Gasteiger partial charge in [-0.15, -0.1) is 0 Å². The molecule has 33 heavy (non-hydrogen) atoms. The molecule has 172 valence electrons. The smallest absolute Gasteiger partial charge is 0.345 e. The average Bonchev–Trinajstić information content (AvgIpc) is 3.41. The van der Waals surface area contributed by atoms with E-state index in [0.717, 1.165) is 5.56 Å². The van der Waals surface area contributed by atoms with E-state index in [1.807, 2.05) is 18.2 Å². The van der Waals surface area contributed by atoms with Gasteiger partial charge in [0.05, 0.1) is 33.1 Å². The number of carbonyl (C=O) groups excluding carboxylic acids is 2. The zero-order chi connectivity index (χ0) is 23.3. The molecule has 10 heteroatoms. The highest BCUT2D eigenvalue weighted by Crippen LogP contribution is 2.45. The SMILES string of the molecule is COc1cc(N2C(=O)C[C@H](c3ccc4c(c3)OCO4)[C@H]3C2=NC(=O)N3C)cc(OC)c1OC. The summed E-state index contributed by atoms with van der Waals surface area (Å²) in [7, 11) is 6.20. The third-order valence-corrected chi connectivity index (χ3v) is 6.18.